The summed E-state index contributed by atoms with van der Waals surface area (Å²) in [5.74, 6) is 0.797. The number of fused-ring (bicyclic) bond motifs is 1. The molecule has 5 heteroatoms. The molecule has 19 heavy (non-hydrogen) atoms. The van der Waals surface area contributed by atoms with Gasteiger partial charge in [-0.1, -0.05) is 12.1 Å². The molecule has 0 aliphatic rings. The predicted octanol–water partition coefficient (Wildman–Crippen LogP) is 1.49. The summed E-state index contributed by atoms with van der Waals surface area (Å²) >= 11 is 0. The second kappa shape index (κ2) is 5.28. The Morgan fingerprint density at radius 3 is 2.53 bits per heavy atom. The highest BCUT2D eigenvalue weighted by Gasteiger charge is 2.34. The van der Waals surface area contributed by atoms with Crippen LogP contribution in [-0.2, 0) is 22.9 Å². The lowest BCUT2D eigenvalue weighted by Gasteiger charge is -2.30. The molecular weight excluding hydrogens is 244 g/mol. The number of aromatic nitrogens is 2. The van der Waals surface area contributed by atoms with Crippen molar-refractivity contribution >= 4 is 11.0 Å². The molecule has 2 aromatic rings. The molecule has 0 bridgehead atoms. The quantitative estimate of drug-likeness (QED) is 0.831. The molecule has 0 radical (unpaired) electrons. The minimum absolute atomic E-state index is 0.352. The van der Waals surface area contributed by atoms with E-state index in [0.29, 0.717) is 6.42 Å². The fourth-order valence-electron chi connectivity index (χ4n) is 2.36. The van der Waals surface area contributed by atoms with Gasteiger partial charge in [-0.2, -0.15) is 0 Å². The first-order chi connectivity index (χ1) is 8.99. The van der Waals surface area contributed by atoms with Crippen LogP contribution in [0.3, 0.4) is 0 Å². The molecule has 1 atom stereocenters. The first-order valence-corrected chi connectivity index (χ1v) is 6.18. The van der Waals surface area contributed by atoms with Gasteiger partial charge in [0.25, 0.3) is 0 Å². The van der Waals surface area contributed by atoms with Crippen LogP contribution in [0.4, 0.5) is 0 Å². The minimum Gasteiger partial charge on any atom is -0.384 e. The van der Waals surface area contributed by atoms with Crippen LogP contribution in [0, 0.1) is 0 Å². The SMILES string of the molecule is COC(OC)C(C)(O)Cc1nc2ccccc2n1C. The number of methoxy groups -OCH3 is 2. The van der Waals surface area contributed by atoms with Gasteiger partial charge in [0.2, 0.25) is 0 Å². The molecule has 5 nitrogen and oxygen atoms in total. The highest BCUT2D eigenvalue weighted by atomic mass is 16.7. The third-order valence-electron chi connectivity index (χ3n) is 3.33. The third kappa shape index (κ3) is 2.63. The van der Waals surface area contributed by atoms with E-state index >= 15 is 0 Å². The van der Waals surface area contributed by atoms with Gasteiger partial charge in [0.1, 0.15) is 11.4 Å². The number of aryl methyl sites for hydroxylation is 1. The van der Waals surface area contributed by atoms with Crippen LogP contribution in [0.25, 0.3) is 11.0 Å². The molecule has 2 rings (SSSR count). The maximum Gasteiger partial charge on any atom is 0.185 e. The van der Waals surface area contributed by atoms with Gasteiger partial charge in [0, 0.05) is 27.7 Å². The fourth-order valence-corrected chi connectivity index (χ4v) is 2.36. The Morgan fingerprint density at radius 2 is 1.95 bits per heavy atom. The summed E-state index contributed by atoms with van der Waals surface area (Å²) < 4.78 is 12.3. The van der Waals surface area contributed by atoms with Crippen molar-refractivity contribution in [1.29, 1.82) is 0 Å². The van der Waals surface area contributed by atoms with Crippen molar-refractivity contribution in [2.75, 3.05) is 14.2 Å². The molecule has 0 saturated carbocycles. The van der Waals surface area contributed by atoms with Crippen LogP contribution in [0.2, 0.25) is 0 Å². The summed E-state index contributed by atoms with van der Waals surface area (Å²) in [6, 6.07) is 7.88. The molecular formula is C14H20N2O3. The Bertz CT molecular complexity index is 559. The Labute approximate surface area is 112 Å². The second-order valence-electron chi connectivity index (χ2n) is 4.91. The number of para-hydroxylation sites is 2. The third-order valence-corrected chi connectivity index (χ3v) is 3.33. The summed E-state index contributed by atoms with van der Waals surface area (Å²) in [5, 5.41) is 10.5. The maximum atomic E-state index is 10.5. The zero-order valence-electron chi connectivity index (χ0n) is 11.8. The van der Waals surface area contributed by atoms with Crippen molar-refractivity contribution in [2.45, 2.75) is 25.2 Å². The molecule has 1 unspecified atom stereocenters. The van der Waals surface area contributed by atoms with Crippen molar-refractivity contribution in [2.24, 2.45) is 7.05 Å². The standard InChI is InChI=1S/C14H20N2O3/c1-14(17,13(18-3)19-4)9-12-15-10-7-5-6-8-11(10)16(12)2/h5-8,13,17H,9H2,1-4H3. The Morgan fingerprint density at radius 1 is 1.32 bits per heavy atom. The van der Waals surface area contributed by atoms with E-state index in [0.717, 1.165) is 16.9 Å². The topological polar surface area (TPSA) is 56.5 Å². The van der Waals surface area contributed by atoms with Crippen molar-refractivity contribution in [3.63, 3.8) is 0 Å². The molecule has 1 aromatic carbocycles. The summed E-state index contributed by atoms with van der Waals surface area (Å²) in [5.41, 5.74) is 0.820. The molecule has 1 N–H and O–H groups in total. The van der Waals surface area contributed by atoms with Crippen LogP contribution in [0.1, 0.15) is 12.7 Å². The summed E-state index contributed by atoms with van der Waals surface area (Å²) in [6.45, 7) is 1.68. The number of hydrogen-bond donors (Lipinski definition) is 1. The van der Waals surface area contributed by atoms with Gasteiger partial charge in [-0.3, -0.25) is 0 Å². The Balaban J connectivity index is 2.33. The van der Waals surface area contributed by atoms with Gasteiger partial charge in [0.15, 0.2) is 6.29 Å². The number of hydrogen-bond acceptors (Lipinski definition) is 4. The van der Waals surface area contributed by atoms with Gasteiger partial charge in [0.05, 0.1) is 11.0 Å². The van der Waals surface area contributed by atoms with Crippen molar-refractivity contribution in [3.05, 3.63) is 30.1 Å². The predicted molar refractivity (Wildman–Crippen MR) is 72.8 cm³/mol. The van der Waals surface area contributed by atoms with Gasteiger partial charge in [-0.25, -0.2) is 4.98 Å². The smallest absolute Gasteiger partial charge is 0.185 e. The van der Waals surface area contributed by atoms with Crippen LogP contribution < -0.4 is 0 Å². The number of ether oxygens (including phenoxy) is 2. The van der Waals surface area contributed by atoms with E-state index in [-0.39, 0.29) is 0 Å². The van der Waals surface area contributed by atoms with Gasteiger partial charge >= 0.3 is 0 Å². The summed E-state index contributed by atoms with van der Waals surface area (Å²) in [4.78, 5) is 4.54. The summed E-state index contributed by atoms with van der Waals surface area (Å²) in [7, 11) is 4.96. The Hall–Kier alpha value is -1.43. The number of benzene rings is 1. The molecule has 0 amide bonds. The lowest BCUT2D eigenvalue weighted by molar-refractivity contribution is -0.208. The van der Waals surface area contributed by atoms with Crippen LogP contribution in [-0.4, -0.2) is 40.8 Å². The molecule has 0 fully saturated rings. The molecule has 0 aliphatic heterocycles. The molecule has 0 spiro atoms. The number of rotatable bonds is 5. The van der Waals surface area contributed by atoms with E-state index in [2.05, 4.69) is 4.98 Å². The van der Waals surface area contributed by atoms with Crippen molar-refractivity contribution < 1.29 is 14.6 Å². The average molecular weight is 264 g/mol. The number of aliphatic hydroxyl groups is 1. The van der Waals surface area contributed by atoms with E-state index in [4.69, 9.17) is 9.47 Å². The van der Waals surface area contributed by atoms with E-state index in [1.165, 1.54) is 14.2 Å². The molecule has 0 aliphatic carbocycles. The number of nitrogens with zero attached hydrogens (tertiary/aromatic N) is 2. The molecule has 1 aromatic heterocycles. The molecule has 0 saturated heterocycles. The molecule has 1 heterocycles. The zero-order valence-corrected chi connectivity index (χ0v) is 11.8. The lowest BCUT2D eigenvalue weighted by Crippen LogP contribution is -2.44. The first kappa shape index (κ1) is 14.0. The van der Waals surface area contributed by atoms with E-state index in [1.807, 2.05) is 35.9 Å². The average Bonchev–Trinajstić information content (AvgIpc) is 2.67. The number of imidazole rings is 1. The normalized spacial score (nSPS) is 15.1. The maximum absolute atomic E-state index is 10.5. The largest absolute Gasteiger partial charge is 0.384 e. The van der Waals surface area contributed by atoms with Crippen LogP contribution in [0.15, 0.2) is 24.3 Å². The van der Waals surface area contributed by atoms with Gasteiger partial charge in [-0.15, -0.1) is 0 Å². The summed E-state index contributed by atoms with van der Waals surface area (Å²) in [6.07, 6.45) is -0.336. The highest BCUT2D eigenvalue weighted by molar-refractivity contribution is 5.75. The van der Waals surface area contributed by atoms with Crippen molar-refractivity contribution in [3.8, 4) is 0 Å². The lowest BCUT2D eigenvalue weighted by atomic mass is 10.0. The monoisotopic (exact) mass is 264 g/mol. The molecule has 104 valence electrons. The van der Waals surface area contributed by atoms with Crippen LogP contribution >= 0.6 is 0 Å². The van der Waals surface area contributed by atoms with Crippen molar-refractivity contribution in [1.82, 2.24) is 9.55 Å². The van der Waals surface area contributed by atoms with Crippen LogP contribution in [0.5, 0.6) is 0 Å². The zero-order chi connectivity index (χ0) is 14.0. The first-order valence-electron chi connectivity index (χ1n) is 6.18. The van der Waals surface area contributed by atoms with E-state index < -0.39 is 11.9 Å². The minimum atomic E-state index is -1.14. The van der Waals surface area contributed by atoms with Gasteiger partial charge in [-0.05, 0) is 19.1 Å². The second-order valence-corrected chi connectivity index (χ2v) is 4.91. The van der Waals surface area contributed by atoms with E-state index in [1.54, 1.807) is 6.92 Å². The van der Waals surface area contributed by atoms with E-state index in [9.17, 15) is 5.11 Å². The van der Waals surface area contributed by atoms with Gasteiger partial charge < -0.3 is 19.1 Å². The Kier molecular flexibility index (Phi) is 3.89. The fraction of sp³-hybridized carbons (Fsp3) is 0.500. The highest BCUT2D eigenvalue weighted by Crippen LogP contribution is 2.22.